The van der Waals surface area contributed by atoms with Gasteiger partial charge in [0.2, 0.25) is 15.9 Å². The van der Waals surface area contributed by atoms with Crippen LogP contribution in [0, 0.1) is 0 Å². The average Bonchev–Trinajstić information content (AvgIpc) is 3.00. The highest BCUT2D eigenvalue weighted by atomic mass is 35.5. The molecule has 0 N–H and O–H groups in total. The standard InChI is InChI=1S/C16H23ClN4O4S2.ClH/c1-19(2)8-9-21(13(22)10-20(3)27(5,23)24)16-18-14-12(25-4)7-6-11(17)15(14)26-16;/h6-7H,8-10H2,1-5H3;1H. The maximum Gasteiger partial charge on any atom is 0.244 e. The third kappa shape index (κ3) is 5.91. The maximum absolute atomic E-state index is 12.8. The van der Waals surface area contributed by atoms with Crippen LogP contribution in [0.3, 0.4) is 0 Å². The van der Waals surface area contributed by atoms with Crippen molar-refractivity contribution in [3.63, 3.8) is 0 Å². The Balaban J connectivity index is 0.00000392. The van der Waals surface area contributed by atoms with E-state index in [1.54, 1.807) is 12.1 Å². The lowest BCUT2D eigenvalue weighted by molar-refractivity contribution is -0.118. The number of aromatic nitrogens is 1. The van der Waals surface area contributed by atoms with Gasteiger partial charge in [0.05, 0.1) is 29.6 Å². The average molecular weight is 471 g/mol. The van der Waals surface area contributed by atoms with Gasteiger partial charge in [0.15, 0.2) is 5.13 Å². The molecule has 0 aliphatic carbocycles. The molecule has 0 saturated heterocycles. The zero-order chi connectivity index (χ0) is 20.4. The number of fused-ring (bicyclic) bond motifs is 1. The number of amides is 1. The van der Waals surface area contributed by atoms with E-state index in [2.05, 4.69) is 4.98 Å². The molecular weight excluding hydrogens is 447 g/mol. The molecule has 1 heterocycles. The quantitative estimate of drug-likeness (QED) is 0.587. The fourth-order valence-electron chi connectivity index (χ4n) is 2.24. The third-order valence-corrected chi connectivity index (χ3v) is 6.69. The largest absolute Gasteiger partial charge is 0.494 e. The minimum atomic E-state index is -3.47. The number of thiazole rings is 1. The summed E-state index contributed by atoms with van der Waals surface area (Å²) in [6, 6.07) is 3.44. The SMILES string of the molecule is COc1ccc(Cl)c2sc(N(CCN(C)C)C(=O)CN(C)S(C)(=O)=O)nc12.Cl. The Morgan fingerprint density at radius 3 is 2.43 bits per heavy atom. The van der Waals surface area contributed by atoms with E-state index in [0.29, 0.717) is 39.2 Å². The Bertz CT molecular complexity index is 934. The van der Waals surface area contributed by atoms with Gasteiger partial charge in [-0.1, -0.05) is 22.9 Å². The monoisotopic (exact) mass is 470 g/mol. The number of methoxy groups -OCH3 is 1. The second kappa shape index (κ2) is 10.0. The van der Waals surface area contributed by atoms with Gasteiger partial charge in [0.1, 0.15) is 11.3 Å². The second-order valence-corrected chi connectivity index (χ2v) is 9.77. The molecule has 2 aromatic rings. The van der Waals surface area contributed by atoms with Crippen molar-refractivity contribution in [2.45, 2.75) is 0 Å². The topological polar surface area (TPSA) is 83.0 Å². The molecule has 1 amide bonds. The summed E-state index contributed by atoms with van der Waals surface area (Å²) in [7, 11) is 3.23. The minimum Gasteiger partial charge on any atom is -0.494 e. The molecule has 0 atom stereocenters. The molecule has 28 heavy (non-hydrogen) atoms. The van der Waals surface area contributed by atoms with Gasteiger partial charge in [-0.2, -0.15) is 4.31 Å². The molecule has 0 fully saturated rings. The summed E-state index contributed by atoms with van der Waals surface area (Å²) in [5.74, 6) is 0.198. The molecule has 158 valence electrons. The van der Waals surface area contributed by atoms with E-state index in [0.717, 1.165) is 10.6 Å². The summed E-state index contributed by atoms with van der Waals surface area (Å²) in [6.45, 7) is 0.686. The van der Waals surface area contributed by atoms with Crippen LogP contribution in [0.4, 0.5) is 5.13 Å². The Morgan fingerprint density at radius 2 is 1.89 bits per heavy atom. The number of hydrogen-bond donors (Lipinski definition) is 0. The number of carbonyl (C=O) groups excluding carboxylic acids is 1. The van der Waals surface area contributed by atoms with Gasteiger partial charge in [0.25, 0.3) is 0 Å². The normalized spacial score (nSPS) is 11.7. The van der Waals surface area contributed by atoms with Crippen molar-refractivity contribution >= 4 is 66.6 Å². The van der Waals surface area contributed by atoms with E-state index >= 15 is 0 Å². The van der Waals surface area contributed by atoms with Crippen LogP contribution in [0.2, 0.25) is 5.02 Å². The molecule has 1 aromatic heterocycles. The number of sulfonamides is 1. The Hall–Kier alpha value is -1.17. The van der Waals surface area contributed by atoms with Crippen LogP contribution < -0.4 is 9.64 Å². The first-order chi connectivity index (χ1) is 12.5. The van der Waals surface area contributed by atoms with Crippen LogP contribution in [0.25, 0.3) is 10.2 Å². The van der Waals surface area contributed by atoms with Crippen LogP contribution >= 0.6 is 35.3 Å². The highest BCUT2D eigenvalue weighted by molar-refractivity contribution is 7.88. The zero-order valence-electron chi connectivity index (χ0n) is 16.3. The summed E-state index contributed by atoms with van der Waals surface area (Å²) in [5, 5.41) is 0.966. The van der Waals surface area contributed by atoms with Crippen molar-refractivity contribution in [2.24, 2.45) is 0 Å². The number of carbonyl (C=O) groups is 1. The van der Waals surface area contributed by atoms with Crippen molar-refractivity contribution in [3.05, 3.63) is 17.2 Å². The predicted octanol–water partition coefficient (Wildman–Crippen LogP) is 2.17. The number of ether oxygens (including phenoxy) is 1. The summed E-state index contributed by atoms with van der Waals surface area (Å²) in [4.78, 5) is 20.8. The summed E-state index contributed by atoms with van der Waals surface area (Å²) < 4.78 is 30.4. The van der Waals surface area contributed by atoms with E-state index in [-0.39, 0.29) is 24.9 Å². The number of hydrogen-bond acceptors (Lipinski definition) is 7. The van der Waals surface area contributed by atoms with Crippen molar-refractivity contribution in [1.29, 1.82) is 0 Å². The molecule has 0 radical (unpaired) electrons. The molecule has 0 bridgehead atoms. The van der Waals surface area contributed by atoms with Crippen LogP contribution in [0.1, 0.15) is 0 Å². The molecule has 8 nitrogen and oxygen atoms in total. The Labute approximate surface area is 180 Å². The lowest BCUT2D eigenvalue weighted by atomic mass is 10.3. The fraction of sp³-hybridized carbons (Fsp3) is 0.500. The van der Waals surface area contributed by atoms with Crippen LogP contribution in [0.15, 0.2) is 12.1 Å². The third-order valence-electron chi connectivity index (χ3n) is 3.89. The van der Waals surface area contributed by atoms with E-state index < -0.39 is 10.0 Å². The van der Waals surface area contributed by atoms with Crippen LogP contribution in [-0.2, 0) is 14.8 Å². The summed E-state index contributed by atoms with van der Waals surface area (Å²) in [6.07, 6.45) is 1.06. The summed E-state index contributed by atoms with van der Waals surface area (Å²) in [5.41, 5.74) is 0.573. The molecule has 0 aliphatic heterocycles. The molecular formula is C16H24Cl2N4O4S2. The predicted molar refractivity (Wildman–Crippen MR) is 117 cm³/mol. The second-order valence-electron chi connectivity index (χ2n) is 6.29. The van der Waals surface area contributed by atoms with Gasteiger partial charge < -0.3 is 9.64 Å². The lowest BCUT2D eigenvalue weighted by Gasteiger charge is -2.24. The van der Waals surface area contributed by atoms with Crippen LogP contribution in [-0.4, -0.2) is 82.7 Å². The van der Waals surface area contributed by atoms with Gasteiger partial charge in [-0.3, -0.25) is 9.69 Å². The first kappa shape index (κ1) is 24.9. The number of benzene rings is 1. The first-order valence-electron chi connectivity index (χ1n) is 8.04. The van der Waals surface area contributed by atoms with Gasteiger partial charge in [-0.05, 0) is 26.2 Å². The maximum atomic E-state index is 12.8. The number of anilines is 1. The van der Waals surface area contributed by atoms with E-state index in [4.69, 9.17) is 16.3 Å². The number of rotatable bonds is 8. The molecule has 0 aliphatic rings. The molecule has 12 heteroatoms. The minimum absolute atomic E-state index is 0. The molecule has 1 aromatic carbocycles. The van der Waals surface area contributed by atoms with Crippen molar-refractivity contribution in [2.75, 3.05) is 59.0 Å². The van der Waals surface area contributed by atoms with Gasteiger partial charge in [0, 0.05) is 20.1 Å². The molecule has 2 rings (SSSR count). The lowest BCUT2D eigenvalue weighted by Crippen LogP contribution is -2.43. The molecule has 0 spiro atoms. The van der Waals surface area contributed by atoms with E-state index in [9.17, 15) is 13.2 Å². The van der Waals surface area contributed by atoms with E-state index in [1.807, 2.05) is 19.0 Å². The Kier molecular flexibility index (Phi) is 8.92. The van der Waals surface area contributed by atoms with Crippen molar-refractivity contribution < 1.29 is 17.9 Å². The van der Waals surface area contributed by atoms with Crippen molar-refractivity contribution in [3.8, 4) is 5.75 Å². The van der Waals surface area contributed by atoms with Crippen molar-refractivity contribution in [1.82, 2.24) is 14.2 Å². The van der Waals surface area contributed by atoms with E-state index in [1.165, 1.54) is 30.4 Å². The smallest absolute Gasteiger partial charge is 0.244 e. The van der Waals surface area contributed by atoms with Gasteiger partial charge in [-0.25, -0.2) is 13.4 Å². The number of nitrogens with zero attached hydrogens (tertiary/aromatic N) is 4. The first-order valence-corrected chi connectivity index (χ1v) is 11.1. The summed E-state index contributed by atoms with van der Waals surface area (Å²) >= 11 is 7.54. The van der Waals surface area contributed by atoms with Gasteiger partial charge >= 0.3 is 0 Å². The highest BCUT2D eigenvalue weighted by Crippen LogP contribution is 2.38. The van der Waals surface area contributed by atoms with Crippen LogP contribution in [0.5, 0.6) is 5.75 Å². The number of halogens is 2. The molecule has 0 unspecified atom stereocenters. The molecule has 0 saturated carbocycles. The Morgan fingerprint density at radius 1 is 1.25 bits per heavy atom. The fourth-order valence-corrected chi connectivity index (χ4v) is 3.89. The zero-order valence-corrected chi connectivity index (χ0v) is 19.5. The van der Waals surface area contributed by atoms with Gasteiger partial charge in [-0.15, -0.1) is 12.4 Å². The highest BCUT2D eigenvalue weighted by Gasteiger charge is 2.25. The number of likely N-dealkylation sites (N-methyl/N-ethyl adjacent to an activating group) is 2.